The number of carbonyl (C=O) groups is 2. The summed E-state index contributed by atoms with van der Waals surface area (Å²) in [6.45, 7) is 5.08. The van der Waals surface area contributed by atoms with Crippen molar-refractivity contribution in [2.75, 3.05) is 6.26 Å². The number of hydrogen-bond donors (Lipinski definition) is 1. The van der Waals surface area contributed by atoms with Crippen molar-refractivity contribution in [2.24, 2.45) is 5.73 Å². The summed E-state index contributed by atoms with van der Waals surface area (Å²) in [6, 6.07) is 13.4. The molecular weight excluding hydrogens is 422 g/mol. The summed E-state index contributed by atoms with van der Waals surface area (Å²) in [5.41, 5.74) is 6.45. The van der Waals surface area contributed by atoms with Crippen molar-refractivity contribution in [3.8, 4) is 5.75 Å². The number of benzene rings is 2. The third kappa shape index (κ3) is 8.03. The summed E-state index contributed by atoms with van der Waals surface area (Å²) in [6.07, 6.45) is 0.920. The monoisotopic (exact) mass is 449 g/mol. The number of carbonyl (C=O) groups excluding carboxylic acids is 2. The van der Waals surface area contributed by atoms with Gasteiger partial charge in [0.1, 0.15) is 29.9 Å². The highest BCUT2D eigenvalue weighted by Gasteiger charge is 2.36. The van der Waals surface area contributed by atoms with Gasteiger partial charge in [0.15, 0.2) is 0 Å². The van der Waals surface area contributed by atoms with E-state index in [1.54, 1.807) is 32.9 Å². The second-order valence-corrected chi connectivity index (χ2v) is 9.56. The Morgan fingerprint density at radius 1 is 0.968 bits per heavy atom. The molecule has 0 aliphatic rings. The third-order valence-electron chi connectivity index (χ3n) is 4.00. The highest BCUT2D eigenvalue weighted by molar-refractivity contribution is 7.86. The maximum Gasteiger partial charge on any atom is 0.324 e. The van der Waals surface area contributed by atoms with E-state index < -0.39 is 39.6 Å². The Balaban J connectivity index is 2.28. The zero-order chi connectivity index (χ0) is 23.2. The van der Waals surface area contributed by atoms with Crippen LogP contribution in [0.5, 0.6) is 5.75 Å². The van der Waals surface area contributed by atoms with Crippen LogP contribution in [0.25, 0.3) is 0 Å². The lowest BCUT2D eigenvalue weighted by Gasteiger charge is -2.26. The fraction of sp³-hybridized carbons (Fsp3) is 0.364. The standard InChI is InChI=1S/C22H27NO7S/c1-22(2,3)29-21(25)19(23)18(20(24)28-14-15-8-6-5-7-9-15)16-10-12-17(13-11-16)30-31(4,26)27/h5-13,18-19H,14,23H2,1-4H3. The van der Waals surface area contributed by atoms with Crippen LogP contribution in [0, 0.1) is 0 Å². The topological polar surface area (TPSA) is 122 Å². The first kappa shape index (κ1) is 24.4. The smallest absolute Gasteiger partial charge is 0.324 e. The number of rotatable bonds is 8. The highest BCUT2D eigenvalue weighted by Crippen LogP contribution is 2.26. The summed E-state index contributed by atoms with van der Waals surface area (Å²) in [5, 5.41) is 0. The molecule has 0 aromatic heterocycles. The predicted molar refractivity (Wildman–Crippen MR) is 115 cm³/mol. The summed E-state index contributed by atoms with van der Waals surface area (Å²) in [7, 11) is -3.71. The minimum atomic E-state index is -3.71. The minimum Gasteiger partial charge on any atom is -0.460 e. The molecule has 2 aromatic rings. The first-order valence-electron chi connectivity index (χ1n) is 9.54. The molecule has 0 radical (unpaired) electrons. The Labute approximate surface area is 182 Å². The van der Waals surface area contributed by atoms with E-state index in [-0.39, 0.29) is 12.4 Å². The van der Waals surface area contributed by atoms with Crippen LogP contribution in [0.2, 0.25) is 0 Å². The SMILES string of the molecule is CC(C)(C)OC(=O)C(N)C(C(=O)OCc1ccccc1)c1ccc(OS(C)(=O)=O)cc1. The number of esters is 2. The molecule has 2 unspecified atom stereocenters. The van der Waals surface area contributed by atoms with E-state index in [0.29, 0.717) is 5.56 Å². The molecule has 2 N–H and O–H groups in total. The zero-order valence-corrected chi connectivity index (χ0v) is 18.7. The van der Waals surface area contributed by atoms with Gasteiger partial charge in [0.2, 0.25) is 0 Å². The highest BCUT2D eigenvalue weighted by atomic mass is 32.2. The molecule has 0 amide bonds. The average molecular weight is 450 g/mol. The first-order chi connectivity index (χ1) is 14.4. The van der Waals surface area contributed by atoms with Gasteiger partial charge in [-0.25, -0.2) is 0 Å². The molecule has 2 aromatic carbocycles. The molecule has 0 bridgehead atoms. The fourth-order valence-electron chi connectivity index (χ4n) is 2.72. The van der Waals surface area contributed by atoms with Crippen LogP contribution in [0.4, 0.5) is 0 Å². The summed E-state index contributed by atoms with van der Waals surface area (Å²) >= 11 is 0. The second-order valence-electron chi connectivity index (χ2n) is 7.99. The lowest BCUT2D eigenvalue weighted by Crippen LogP contribution is -2.44. The van der Waals surface area contributed by atoms with Gasteiger partial charge in [0.25, 0.3) is 0 Å². The Bertz CT molecular complexity index is 996. The van der Waals surface area contributed by atoms with Gasteiger partial charge in [0.05, 0.1) is 6.26 Å². The van der Waals surface area contributed by atoms with Gasteiger partial charge >= 0.3 is 22.1 Å². The molecule has 0 saturated carbocycles. The van der Waals surface area contributed by atoms with Crippen LogP contribution < -0.4 is 9.92 Å². The van der Waals surface area contributed by atoms with Crippen LogP contribution in [0.15, 0.2) is 54.6 Å². The van der Waals surface area contributed by atoms with Crippen LogP contribution in [0.3, 0.4) is 0 Å². The van der Waals surface area contributed by atoms with Crippen molar-refractivity contribution in [1.29, 1.82) is 0 Å². The molecule has 0 fully saturated rings. The van der Waals surface area contributed by atoms with E-state index in [0.717, 1.165) is 11.8 Å². The predicted octanol–water partition coefficient (Wildman–Crippen LogP) is 2.52. The van der Waals surface area contributed by atoms with Gasteiger partial charge in [-0.15, -0.1) is 0 Å². The molecule has 2 atom stereocenters. The van der Waals surface area contributed by atoms with Gasteiger partial charge < -0.3 is 19.4 Å². The van der Waals surface area contributed by atoms with E-state index >= 15 is 0 Å². The molecule has 0 spiro atoms. The third-order valence-corrected chi connectivity index (χ3v) is 4.50. The Hall–Kier alpha value is -2.91. The van der Waals surface area contributed by atoms with Gasteiger partial charge in [-0.05, 0) is 44.0 Å². The maximum absolute atomic E-state index is 12.9. The van der Waals surface area contributed by atoms with Crippen molar-refractivity contribution < 1.29 is 31.7 Å². The van der Waals surface area contributed by atoms with E-state index in [2.05, 4.69) is 0 Å². The van der Waals surface area contributed by atoms with Gasteiger partial charge in [0, 0.05) is 0 Å². The van der Waals surface area contributed by atoms with Gasteiger partial charge in [-0.3, -0.25) is 9.59 Å². The largest absolute Gasteiger partial charge is 0.460 e. The minimum absolute atomic E-state index is 0.00643. The molecule has 9 heteroatoms. The zero-order valence-electron chi connectivity index (χ0n) is 17.9. The van der Waals surface area contributed by atoms with Crippen molar-refractivity contribution in [3.05, 3.63) is 65.7 Å². The summed E-state index contributed by atoms with van der Waals surface area (Å²) in [4.78, 5) is 25.5. The van der Waals surface area contributed by atoms with Crippen molar-refractivity contribution in [1.82, 2.24) is 0 Å². The van der Waals surface area contributed by atoms with Gasteiger partial charge in [-0.1, -0.05) is 42.5 Å². The molecule has 31 heavy (non-hydrogen) atoms. The normalized spacial score (nSPS) is 13.7. The molecule has 0 heterocycles. The lowest BCUT2D eigenvalue weighted by molar-refractivity contribution is -0.161. The van der Waals surface area contributed by atoms with Gasteiger partial charge in [-0.2, -0.15) is 8.42 Å². The molecule has 8 nitrogen and oxygen atoms in total. The average Bonchev–Trinajstić information content (AvgIpc) is 2.66. The Kier molecular flexibility index (Phi) is 7.80. The molecule has 2 rings (SSSR count). The second kappa shape index (κ2) is 9.93. The molecule has 0 saturated heterocycles. The number of ether oxygens (including phenoxy) is 2. The van der Waals surface area contributed by atoms with E-state index in [4.69, 9.17) is 19.4 Å². The Morgan fingerprint density at radius 3 is 2.06 bits per heavy atom. The molecule has 0 aliphatic heterocycles. The maximum atomic E-state index is 12.9. The van der Waals surface area contributed by atoms with Crippen molar-refractivity contribution in [2.45, 2.75) is 44.9 Å². The van der Waals surface area contributed by atoms with E-state index in [1.807, 2.05) is 18.2 Å². The Morgan fingerprint density at radius 2 is 1.55 bits per heavy atom. The summed E-state index contributed by atoms with van der Waals surface area (Å²) in [5.74, 6) is -2.57. The first-order valence-corrected chi connectivity index (χ1v) is 11.4. The van der Waals surface area contributed by atoms with Crippen LogP contribution in [0.1, 0.15) is 37.8 Å². The lowest BCUT2D eigenvalue weighted by atomic mass is 9.91. The van der Waals surface area contributed by atoms with Crippen molar-refractivity contribution in [3.63, 3.8) is 0 Å². The van der Waals surface area contributed by atoms with E-state index in [1.165, 1.54) is 24.3 Å². The number of nitrogens with two attached hydrogens (primary N) is 1. The fourth-order valence-corrected chi connectivity index (χ4v) is 3.18. The molecular formula is C22H27NO7S. The van der Waals surface area contributed by atoms with E-state index in [9.17, 15) is 18.0 Å². The molecule has 0 aliphatic carbocycles. The summed E-state index contributed by atoms with van der Waals surface area (Å²) < 4.78 is 38.1. The molecule has 168 valence electrons. The quantitative estimate of drug-likeness (QED) is 0.482. The van der Waals surface area contributed by atoms with Crippen LogP contribution >= 0.6 is 0 Å². The number of hydrogen-bond acceptors (Lipinski definition) is 8. The van der Waals surface area contributed by atoms with Crippen LogP contribution in [-0.2, 0) is 35.8 Å². The van der Waals surface area contributed by atoms with Crippen molar-refractivity contribution >= 4 is 22.1 Å². The van der Waals surface area contributed by atoms with Crippen LogP contribution in [-0.4, -0.2) is 38.3 Å².